The van der Waals surface area contributed by atoms with Crippen LogP contribution in [0.2, 0.25) is 0 Å². The van der Waals surface area contributed by atoms with Gasteiger partial charge < -0.3 is 9.15 Å². The molecule has 152 valence electrons. The van der Waals surface area contributed by atoms with Crippen LogP contribution in [-0.4, -0.2) is 16.8 Å². The van der Waals surface area contributed by atoms with Gasteiger partial charge in [0.25, 0.3) is 0 Å². The zero-order valence-electron chi connectivity index (χ0n) is 18.2. The third kappa shape index (κ3) is 4.94. The van der Waals surface area contributed by atoms with Crippen LogP contribution in [0.4, 0.5) is 0 Å². The largest absolute Gasteiger partial charge is 0.490 e. The molecular formula is C25H30N2O2. The molecule has 0 atom stereocenters. The van der Waals surface area contributed by atoms with E-state index in [0.29, 0.717) is 18.4 Å². The second-order valence-corrected chi connectivity index (χ2v) is 9.34. The standard InChI is InChI=1S/C25H30N2O2/c1-8-13-28-21-11-9-17(10-12-21)22-26-27-23(29-22)18-14-19(24(2,3)4)16-20(15-18)25(5,6)7/h8-12,14-16H,1,13H2,2-7H3. The molecule has 0 radical (unpaired) electrons. The fourth-order valence-electron chi connectivity index (χ4n) is 2.92. The van der Waals surface area contributed by atoms with E-state index in [4.69, 9.17) is 9.15 Å². The van der Waals surface area contributed by atoms with Crippen LogP contribution in [-0.2, 0) is 10.8 Å². The van der Waals surface area contributed by atoms with E-state index in [0.717, 1.165) is 16.9 Å². The van der Waals surface area contributed by atoms with Gasteiger partial charge in [-0.3, -0.25) is 0 Å². The van der Waals surface area contributed by atoms with E-state index in [-0.39, 0.29) is 10.8 Å². The zero-order chi connectivity index (χ0) is 21.2. The molecule has 3 aromatic rings. The Labute approximate surface area is 173 Å². The van der Waals surface area contributed by atoms with Gasteiger partial charge in [-0.15, -0.1) is 10.2 Å². The Hall–Kier alpha value is -2.88. The van der Waals surface area contributed by atoms with E-state index in [1.54, 1.807) is 6.08 Å². The van der Waals surface area contributed by atoms with Gasteiger partial charge in [0.2, 0.25) is 11.8 Å². The first-order valence-corrected chi connectivity index (χ1v) is 9.92. The van der Waals surface area contributed by atoms with Crippen molar-refractivity contribution in [1.29, 1.82) is 0 Å². The highest BCUT2D eigenvalue weighted by atomic mass is 16.5. The van der Waals surface area contributed by atoms with Crippen molar-refractivity contribution >= 4 is 0 Å². The maximum absolute atomic E-state index is 6.03. The smallest absolute Gasteiger partial charge is 0.248 e. The SMILES string of the molecule is C=CCOc1ccc(-c2nnc(-c3cc(C(C)(C)C)cc(C(C)(C)C)c3)o2)cc1. The number of ether oxygens (including phenoxy) is 1. The fraction of sp³-hybridized carbons (Fsp3) is 0.360. The molecule has 2 aromatic carbocycles. The summed E-state index contributed by atoms with van der Waals surface area (Å²) in [5.41, 5.74) is 4.37. The highest BCUT2D eigenvalue weighted by Crippen LogP contribution is 2.34. The Bertz CT molecular complexity index is 955. The lowest BCUT2D eigenvalue weighted by Crippen LogP contribution is -2.16. The van der Waals surface area contributed by atoms with Gasteiger partial charge in [-0.05, 0) is 58.4 Å². The molecule has 0 spiro atoms. The Morgan fingerprint density at radius 2 is 1.34 bits per heavy atom. The summed E-state index contributed by atoms with van der Waals surface area (Å²) in [6.45, 7) is 17.4. The molecule has 0 N–H and O–H groups in total. The number of benzene rings is 2. The normalized spacial score (nSPS) is 12.1. The Morgan fingerprint density at radius 1 is 0.828 bits per heavy atom. The molecule has 4 heteroatoms. The first-order chi connectivity index (χ1) is 13.6. The van der Waals surface area contributed by atoms with Gasteiger partial charge in [-0.1, -0.05) is 60.3 Å². The molecule has 0 saturated heterocycles. The molecule has 0 bridgehead atoms. The van der Waals surface area contributed by atoms with Crippen LogP contribution >= 0.6 is 0 Å². The minimum absolute atomic E-state index is 0.0279. The molecule has 0 aliphatic rings. The highest BCUT2D eigenvalue weighted by Gasteiger charge is 2.22. The molecule has 3 rings (SSSR count). The molecule has 0 unspecified atom stereocenters. The highest BCUT2D eigenvalue weighted by molar-refractivity contribution is 5.61. The van der Waals surface area contributed by atoms with E-state index in [1.807, 2.05) is 24.3 Å². The van der Waals surface area contributed by atoms with E-state index in [2.05, 4.69) is 76.5 Å². The summed E-state index contributed by atoms with van der Waals surface area (Å²) in [6.07, 6.45) is 1.72. The maximum atomic E-state index is 6.03. The van der Waals surface area contributed by atoms with Crippen molar-refractivity contribution in [3.05, 3.63) is 66.2 Å². The van der Waals surface area contributed by atoms with Crippen LogP contribution in [0.5, 0.6) is 5.75 Å². The van der Waals surface area contributed by atoms with Crippen LogP contribution in [0.3, 0.4) is 0 Å². The number of rotatable bonds is 5. The molecule has 0 saturated carbocycles. The minimum Gasteiger partial charge on any atom is -0.490 e. The molecular weight excluding hydrogens is 360 g/mol. The third-order valence-electron chi connectivity index (χ3n) is 4.81. The van der Waals surface area contributed by atoms with Crippen LogP contribution in [0.1, 0.15) is 52.7 Å². The lowest BCUT2D eigenvalue weighted by Gasteiger charge is -2.25. The van der Waals surface area contributed by atoms with Crippen molar-refractivity contribution in [3.8, 4) is 28.7 Å². The molecule has 1 aromatic heterocycles. The maximum Gasteiger partial charge on any atom is 0.248 e. The second-order valence-electron chi connectivity index (χ2n) is 9.34. The summed E-state index contributed by atoms with van der Waals surface area (Å²) < 4.78 is 11.6. The summed E-state index contributed by atoms with van der Waals surface area (Å²) in [7, 11) is 0. The van der Waals surface area contributed by atoms with Gasteiger partial charge in [0, 0.05) is 11.1 Å². The van der Waals surface area contributed by atoms with Gasteiger partial charge in [-0.2, -0.15) is 0 Å². The summed E-state index contributed by atoms with van der Waals surface area (Å²) in [5, 5.41) is 8.58. The molecule has 0 aliphatic heterocycles. The van der Waals surface area contributed by atoms with Crippen molar-refractivity contribution in [2.45, 2.75) is 52.4 Å². The molecule has 0 fully saturated rings. The minimum atomic E-state index is 0.0279. The van der Waals surface area contributed by atoms with Gasteiger partial charge in [-0.25, -0.2) is 0 Å². The van der Waals surface area contributed by atoms with E-state index < -0.39 is 0 Å². The molecule has 4 nitrogen and oxygen atoms in total. The molecule has 29 heavy (non-hydrogen) atoms. The van der Waals surface area contributed by atoms with E-state index >= 15 is 0 Å². The average molecular weight is 391 g/mol. The third-order valence-corrected chi connectivity index (χ3v) is 4.81. The van der Waals surface area contributed by atoms with Crippen molar-refractivity contribution in [2.75, 3.05) is 6.61 Å². The first kappa shape index (κ1) is 20.8. The summed E-state index contributed by atoms with van der Waals surface area (Å²) in [5.74, 6) is 1.80. The molecule has 1 heterocycles. The van der Waals surface area contributed by atoms with Gasteiger partial charge in [0.15, 0.2) is 0 Å². The number of hydrogen-bond acceptors (Lipinski definition) is 4. The van der Waals surface area contributed by atoms with Crippen molar-refractivity contribution in [3.63, 3.8) is 0 Å². The average Bonchev–Trinajstić information content (AvgIpc) is 3.15. The topological polar surface area (TPSA) is 48.2 Å². The second kappa shape index (κ2) is 7.86. The van der Waals surface area contributed by atoms with E-state index in [9.17, 15) is 0 Å². The van der Waals surface area contributed by atoms with Gasteiger partial charge >= 0.3 is 0 Å². The van der Waals surface area contributed by atoms with Crippen molar-refractivity contribution in [1.82, 2.24) is 10.2 Å². The Kier molecular flexibility index (Phi) is 5.65. The quantitative estimate of drug-likeness (QED) is 0.463. The van der Waals surface area contributed by atoms with Crippen LogP contribution in [0, 0.1) is 0 Å². The monoisotopic (exact) mass is 390 g/mol. The lowest BCUT2D eigenvalue weighted by atomic mass is 9.79. The zero-order valence-corrected chi connectivity index (χ0v) is 18.2. The summed E-state index contributed by atoms with van der Waals surface area (Å²) >= 11 is 0. The molecule has 0 aliphatic carbocycles. The number of hydrogen-bond donors (Lipinski definition) is 0. The van der Waals surface area contributed by atoms with Crippen molar-refractivity contribution in [2.24, 2.45) is 0 Å². The van der Waals surface area contributed by atoms with Gasteiger partial charge in [0.1, 0.15) is 12.4 Å². The number of nitrogens with zero attached hydrogens (tertiary/aromatic N) is 2. The lowest BCUT2D eigenvalue weighted by molar-refractivity contribution is 0.363. The fourth-order valence-corrected chi connectivity index (χ4v) is 2.92. The van der Waals surface area contributed by atoms with Crippen LogP contribution in [0.15, 0.2) is 59.5 Å². The predicted molar refractivity (Wildman–Crippen MR) is 118 cm³/mol. The Balaban J connectivity index is 1.96. The summed E-state index contributed by atoms with van der Waals surface area (Å²) in [6, 6.07) is 14.2. The van der Waals surface area contributed by atoms with Gasteiger partial charge in [0.05, 0.1) is 0 Å². The Morgan fingerprint density at radius 3 is 1.83 bits per heavy atom. The van der Waals surface area contributed by atoms with Crippen LogP contribution < -0.4 is 4.74 Å². The first-order valence-electron chi connectivity index (χ1n) is 9.92. The summed E-state index contributed by atoms with van der Waals surface area (Å²) in [4.78, 5) is 0. The van der Waals surface area contributed by atoms with E-state index in [1.165, 1.54) is 11.1 Å². The van der Waals surface area contributed by atoms with Crippen LogP contribution in [0.25, 0.3) is 22.9 Å². The number of aromatic nitrogens is 2. The van der Waals surface area contributed by atoms with Crippen molar-refractivity contribution < 1.29 is 9.15 Å². The predicted octanol–water partition coefficient (Wildman–Crippen LogP) is 6.56. The molecule has 0 amide bonds.